The van der Waals surface area contributed by atoms with E-state index in [1.54, 1.807) is 0 Å². The Morgan fingerprint density at radius 1 is 1.67 bits per heavy atom. The Morgan fingerprint density at radius 3 is 3.07 bits per heavy atom. The Labute approximate surface area is 97.4 Å². The summed E-state index contributed by atoms with van der Waals surface area (Å²) in [7, 11) is 0. The van der Waals surface area contributed by atoms with Crippen molar-refractivity contribution in [2.24, 2.45) is 5.92 Å². The number of nitrogens with zero attached hydrogens (tertiary/aromatic N) is 2. The molecule has 3 nitrogen and oxygen atoms in total. The van der Waals surface area contributed by atoms with Gasteiger partial charge in [0.15, 0.2) is 10.3 Å². The van der Waals surface area contributed by atoms with E-state index in [4.69, 9.17) is 16.9 Å². The molecule has 0 unspecified atom stereocenters. The highest BCUT2D eigenvalue weighted by molar-refractivity contribution is 7.16. The molecule has 2 rings (SSSR count). The molecule has 1 aromatic rings. The van der Waals surface area contributed by atoms with Gasteiger partial charge in [-0.05, 0) is 18.8 Å². The van der Waals surface area contributed by atoms with Gasteiger partial charge < -0.3 is 5.32 Å². The predicted molar refractivity (Wildman–Crippen MR) is 62.2 cm³/mol. The average Bonchev–Trinajstić information content (AvgIpc) is 2.97. The van der Waals surface area contributed by atoms with Crippen LogP contribution in [0.2, 0.25) is 5.15 Å². The van der Waals surface area contributed by atoms with E-state index in [9.17, 15) is 0 Å². The van der Waals surface area contributed by atoms with E-state index in [1.165, 1.54) is 24.2 Å². The molecule has 0 radical (unpaired) electrons. The van der Waals surface area contributed by atoms with Gasteiger partial charge in [0.05, 0.1) is 0 Å². The molecule has 0 amide bonds. The molecule has 1 fully saturated rings. The van der Waals surface area contributed by atoms with Crippen LogP contribution in [0.5, 0.6) is 0 Å². The number of allylic oxidation sites excluding steroid dienone is 1. The molecule has 0 aliphatic heterocycles. The molecule has 15 heavy (non-hydrogen) atoms. The van der Waals surface area contributed by atoms with Crippen molar-refractivity contribution in [3.05, 3.63) is 22.2 Å². The van der Waals surface area contributed by atoms with Gasteiger partial charge in [0.1, 0.15) is 10.9 Å². The maximum Gasteiger partial charge on any atom is 0.185 e. The molecule has 1 N–H and O–H groups in total. The van der Waals surface area contributed by atoms with E-state index >= 15 is 0 Å². The molecule has 1 saturated carbocycles. The van der Waals surface area contributed by atoms with Gasteiger partial charge >= 0.3 is 0 Å². The van der Waals surface area contributed by atoms with Gasteiger partial charge in [-0.3, -0.25) is 0 Å². The molecular weight excluding hydrogens is 230 g/mol. The minimum absolute atomic E-state index is 0.288. The van der Waals surface area contributed by atoms with Gasteiger partial charge in [0, 0.05) is 6.54 Å². The van der Waals surface area contributed by atoms with Gasteiger partial charge in [-0.25, -0.2) is 4.98 Å². The maximum absolute atomic E-state index is 8.68. The topological polar surface area (TPSA) is 48.7 Å². The number of anilines is 1. The summed E-state index contributed by atoms with van der Waals surface area (Å²) in [5.41, 5.74) is 0. The van der Waals surface area contributed by atoms with Crippen molar-refractivity contribution in [2.45, 2.75) is 12.8 Å². The van der Waals surface area contributed by atoms with Crippen LogP contribution in [0.4, 0.5) is 5.13 Å². The standard InChI is InChI=1S/C10H10ClN3S/c11-9-8(6-12)15-10(14-9)13-5-1-2-7-3-4-7/h1-2,7H,3-5H2,(H,13,14)/b2-1+. The first-order chi connectivity index (χ1) is 7.29. The lowest BCUT2D eigenvalue weighted by atomic mass is 10.4. The van der Waals surface area contributed by atoms with Crippen molar-refractivity contribution in [3.8, 4) is 6.07 Å². The Bertz CT molecular complexity index is 415. The summed E-state index contributed by atoms with van der Waals surface area (Å²) < 4.78 is 0. The van der Waals surface area contributed by atoms with E-state index in [2.05, 4.69) is 22.5 Å². The van der Waals surface area contributed by atoms with Gasteiger partial charge in [-0.2, -0.15) is 5.26 Å². The maximum atomic E-state index is 8.68. The predicted octanol–water partition coefficient (Wildman–Crippen LogP) is 3.05. The van der Waals surface area contributed by atoms with Crippen LogP contribution in [0.15, 0.2) is 12.2 Å². The molecule has 0 saturated heterocycles. The summed E-state index contributed by atoms with van der Waals surface area (Å²) in [6.45, 7) is 0.741. The number of hydrogen-bond acceptors (Lipinski definition) is 4. The minimum Gasteiger partial charge on any atom is -0.358 e. The van der Waals surface area contributed by atoms with E-state index in [0.717, 1.165) is 12.5 Å². The molecule has 0 aromatic carbocycles. The summed E-state index contributed by atoms with van der Waals surface area (Å²) in [6.07, 6.45) is 6.95. The van der Waals surface area contributed by atoms with Crippen molar-refractivity contribution in [3.63, 3.8) is 0 Å². The molecule has 1 aromatic heterocycles. The fourth-order valence-electron chi connectivity index (χ4n) is 1.14. The second kappa shape index (κ2) is 4.65. The zero-order valence-electron chi connectivity index (χ0n) is 8.03. The zero-order valence-corrected chi connectivity index (χ0v) is 9.61. The molecule has 0 spiro atoms. The number of halogens is 1. The number of thiazole rings is 1. The third-order valence-corrected chi connectivity index (χ3v) is 3.39. The number of rotatable bonds is 4. The van der Waals surface area contributed by atoms with E-state index in [1.807, 2.05) is 6.07 Å². The van der Waals surface area contributed by atoms with Crippen molar-refractivity contribution >= 4 is 28.1 Å². The van der Waals surface area contributed by atoms with Crippen LogP contribution < -0.4 is 5.32 Å². The molecular formula is C10H10ClN3S. The third-order valence-electron chi connectivity index (χ3n) is 2.09. The van der Waals surface area contributed by atoms with E-state index in [-0.39, 0.29) is 5.15 Å². The van der Waals surface area contributed by atoms with Crippen LogP contribution in [0.25, 0.3) is 0 Å². The first kappa shape index (κ1) is 10.5. The van der Waals surface area contributed by atoms with Crippen molar-refractivity contribution in [1.29, 1.82) is 5.26 Å². The second-order valence-corrected chi connectivity index (χ2v) is 4.75. The summed E-state index contributed by atoms with van der Waals surface area (Å²) in [5, 5.41) is 12.8. The molecule has 0 atom stereocenters. The monoisotopic (exact) mass is 239 g/mol. The first-order valence-electron chi connectivity index (χ1n) is 4.76. The Balaban J connectivity index is 1.85. The largest absolute Gasteiger partial charge is 0.358 e. The lowest BCUT2D eigenvalue weighted by Gasteiger charge is -1.94. The van der Waals surface area contributed by atoms with Crippen molar-refractivity contribution in [2.75, 3.05) is 11.9 Å². The highest BCUT2D eigenvalue weighted by atomic mass is 35.5. The second-order valence-electron chi connectivity index (χ2n) is 3.40. The molecule has 78 valence electrons. The lowest BCUT2D eigenvalue weighted by Crippen LogP contribution is -1.96. The lowest BCUT2D eigenvalue weighted by molar-refractivity contribution is 1.11. The summed E-state index contributed by atoms with van der Waals surface area (Å²) in [5.74, 6) is 0.793. The smallest absolute Gasteiger partial charge is 0.185 e. The molecule has 5 heteroatoms. The van der Waals surface area contributed by atoms with Gasteiger partial charge in [0.25, 0.3) is 0 Å². The van der Waals surface area contributed by atoms with E-state index < -0.39 is 0 Å². The van der Waals surface area contributed by atoms with Crippen LogP contribution in [0.3, 0.4) is 0 Å². The first-order valence-corrected chi connectivity index (χ1v) is 5.96. The number of aromatic nitrogens is 1. The Kier molecular flexibility index (Phi) is 3.24. The number of hydrogen-bond donors (Lipinski definition) is 1. The molecule has 1 heterocycles. The van der Waals surface area contributed by atoms with Crippen LogP contribution in [-0.4, -0.2) is 11.5 Å². The Morgan fingerprint density at radius 2 is 2.47 bits per heavy atom. The highest BCUT2D eigenvalue weighted by Crippen LogP contribution is 2.30. The summed E-state index contributed by atoms with van der Waals surface area (Å²) >= 11 is 7.02. The quantitative estimate of drug-likeness (QED) is 0.822. The van der Waals surface area contributed by atoms with Gasteiger partial charge in [-0.15, -0.1) is 0 Å². The van der Waals surface area contributed by atoms with Crippen LogP contribution in [0.1, 0.15) is 17.7 Å². The fraction of sp³-hybridized carbons (Fsp3) is 0.400. The van der Waals surface area contributed by atoms with Crippen LogP contribution in [0, 0.1) is 17.2 Å². The fourth-order valence-corrected chi connectivity index (χ4v) is 2.10. The summed E-state index contributed by atoms with van der Waals surface area (Å²) in [4.78, 5) is 4.49. The normalized spacial score (nSPS) is 15.5. The number of nitriles is 1. The highest BCUT2D eigenvalue weighted by Gasteiger charge is 2.16. The molecule has 1 aliphatic rings. The summed E-state index contributed by atoms with van der Waals surface area (Å²) in [6, 6.07) is 2.00. The Hall–Kier alpha value is -1.05. The van der Waals surface area contributed by atoms with Gasteiger partial charge in [0.2, 0.25) is 0 Å². The van der Waals surface area contributed by atoms with E-state index in [0.29, 0.717) is 10.0 Å². The van der Waals surface area contributed by atoms with Gasteiger partial charge in [-0.1, -0.05) is 35.1 Å². The third kappa shape index (κ3) is 2.95. The average molecular weight is 240 g/mol. The SMILES string of the molecule is N#Cc1sc(NC/C=C/C2CC2)nc1Cl. The van der Waals surface area contributed by atoms with Crippen LogP contribution in [-0.2, 0) is 0 Å². The molecule has 1 aliphatic carbocycles. The van der Waals surface area contributed by atoms with Crippen molar-refractivity contribution in [1.82, 2.24) is 4.98 Å². The van der Waals surface area contributed by atoms with Crippen molar-refractivity contribution < 1.29 is 0 Å². The number of nitrogens with one attached hydrogen (secondary N) is 1. The zero-order chi connectivity index (χ0) is 10.7. The molecule has 0 bridgehead atoms. The van der Waals surface area contributed by atoms with Crippen LogP contribution >= 0.6 is 22.9 Å². The minimum atomic E-state index is 0.288.